The zero-order chi connectivity index (χ0) is 32.2. The second-order valence-corrected chi connectivity index (χ2v) is 10.4. The molecule has 0 radical (unpaired) electrons. The molecule has 7 nitrogen and oxygen atoms in total. The molecule has 1 heterocycles. The van der Waals surface area contributed by atoms with E-state index in [1.165, 1.54) is 60.7 Å². The molecule has 3 aromatic carbocycles. The molecule has 4 rings (SSSR count). The first-order valence-electron chi connectivity index (χ1n) is 13.5. The van der Waals surface area contributed by atoms with E-state index in [0.29, 0.717) is 22.6 Å². The van der Waals surface area contributed by atoms with E-state index >= 15 is 0 Å². The molecule has 0 fully saturated rings. The van der Waals surface area contributed by atoms with Crippen molar-refractivity contribution in [2.75, 3.05) is 6.54 Å². The summed E-state index contributed by atoms with van der Waals surface area (Å²) >= 11 is 5.92. The number of benzene rings is 3. The maximum absolute atomic E-state index is 14.0. The van der Waals surface area contributed by atoms with Gasteiger partial charge in [0.05, 0.1) is 18.7 Å². The second kappa shape index (κ2) is 13.3. The number of halogens is 7. The van der Waals surface area contributed by atoms with Crippen LogP contribution in [0.2, 0.25) is 5.02 Å². The molecule has 0 aliphatic heterocycles. The number of amides is 1. The van der Waals surface area contributed by atoms with Gasteiger partial charge in [-0.25, -0.2) is 9.48 Å². The molecular formula is C30H27ClF6N4O3. The minimum atomic E-state index is -5.02. The summed E-state index contributed by atoms with van der Waals surface area (Å²) in [5.41, 5.74) is -1.86. The molecule has 1 atom stereocenters. The number of alkyl halides is 6. The maximum Gasteiger partial charge on any atom is 0.417 e. The first-order valence-corrected chi connectivity index (χ1v) is 13.8. The van der Waals surface area contributed by atoms with Gasteiger partial charge in [-0.05, 0) is 65.6 Å². The molecule has 1 amide bonds. The van der Waals surface area contributed by atoms with Gasteiger partial charge in [0.1, 0.15) is 0 Å². The second-order valence-electron chi connectivity index (χ2n) is 9.97. The average molecular weight is 641 g/mol. The first kappa shape index (κ1) is 32.8. The third-order valence-corrected chi connectivity index (χ3v) is 7.01. The first-order chi connectivity index (χ1) is 20.7. The van der Waals surface area contributed by atoms with Gasteiger partial charge < -0.3 is 10.4 Å². The Morgan fingerprint density at radius 3 is 2.32 bits per heavy atom. The van der Waals surface area contributed by atoms with Crippen molar-refractivity contribution >= 4 is 17.5 Å². The number of nitrogens with one attached hydrogen (secondary N) is 1. The summed E-state index contributed by atoms with van der Waals surface area (Å²) in [6.07, 6.45) is -11.2. The lowest BCUT2D eigenvalue weighted by molar-refractivity contribution is -0.207. The summed E-state index contributed by atoms with van der Waals surface area (Å²) in [6.45, 7) is 0.702. The maximum atomic E-state index is 14.0. The number of unbranched alkanes of at least 4 members (excludes halogenated alkanes) is 1. The minimum absolute atomic E-state index is 0.0328. The molecule has 0 spiro atoms. The lowest BCUT2D eigenvalue weighted by Gasteiger charge is -2.17. The van der Waals surface area contributed by atoms with Gasteiger partial charge in [0.25, 0.3) is 5.91 Å². The molecule has 0 bridgehead atoms. The van der Waals surface area contributed by atoms with Crippen LogP contribution in [0, 0.1) is 0 Å². The molecule has 1 aromatic heterocycles. The van der Waals surface area contributed by atoms with Crippen LogP contribution in [0.5, 0.6) is 0 Å². The van der Waals surface area contributed by atoms with Crippen LogP contribution in [0.25, 0.3) is 22.5 Å². The fraction of sp³-hybridized carbons (Fsp3) is 0.300. The average Bonchev–Trinajstić information content (AvgIpc) is 3.26. The highest BCUT2D eigenvalue weighted by Crippen LogP contribution is 2.38. The Morgan fingerprint density at radius 2 is 1.68 bits per heavy atom. The fourth-order valence-corrected chi connectivity index (χ4v) is 4.65. The van der Waals surface area contributed by atoms with Gasteiger partial charge in [0.15, 0.2) is 11.9 Å². The number of carbonyl (C=O) groups excluding carboxylic acids is 1. The van der Waals surface area contributed by atoms with E-state index in [2.05, 4.69) is 10.4 Å². The van der Waals surface area contributed by atoms with Crippen molar-refractivity contribution in [3.63, 3.8) is 0 Å². The molecule has 44 heavy (non-hydrogen) atoms. The number of hydrogen-bond acceptors (Lipinski definition) is 4. The third-order valence-electron chi connectivity index (χ3n) is 6.76. The Labute approximate surface area is 252 Å². The zero-order valence-corrected chi connectivity index (χ0v) is 24.0. The van der Waals surface area contributed by atoms with E-state index in [-0.39, 0.29) is 40.2 Å². The number of aliphatic hydroxyl groups is 1. The number of nitrogens with zero attached hydrogens (tertiary/aromatic N) is 3. The number of hydrogen-bond donors (Lipinski definition) is 2. The van der Waals surface area contributed by atoms with Crippen LogP contribution in [0.15, 0.2) is 71.5 Å². The van der Waals surface area contributed by atoms with Gasteiger partial charge >= 0.3 is 18.0 Å². The van der Waals surface area contributed by atoms with Crippen molar-refractivity contribution in [2.24, 2.45) is 0 Å². The summed E-state index contributed by atoms with van der Waals surface area (Å²) in [5, 5.41) is 16.9. The van der Waals surface area contributed by atoms with Gasteiger partial charge in [-0.15, -0.1) is 5.10 Å². The predicted molar refractivity (Wildman–Crippen MR) is 152 cm³/mol. The van der Waals surface area contributed by atoms with E-state index in [1.54, 1.807) is 0 Å². The van der Waals surface area contributed by atoms with Crippen LogP contribution in [-0.2, 0) is 19.3 Å². The smallest absolute Gasteiger partial charge is 0.382 e. The Balaban J connectivity index is 1.82. The molecule has 234 valence electrons. The molecular weight excluding hydrogens is 614 g/mol. The molecule has 0 aliphatic rings. The van der Waals surface area contributed by atoms with E-state index in [9.17, 15) is 41.0 Å². The molecule has 0 aliphatic carbocycles. The molecule has 2 N–H and O–H groups in total. The SMILES string of the molecule is CCCCNC(=O)c1ccc(Cn2nc(-c3ccc(Cl)cc3)n(C[C@H](O)C(F)(F)F)c2=O)cc1-c1ccccc1C(F)(F)F. The van der Waals surface area contributed by atoms with Crippen LogP contribution in [0.3, 0.4) is 0 Å². The van der Waals surface area contributed by atoms with Gasteiger partial charge in [-0.1, -0.05) is 49.2 Å². The van der Waals surface area contributed by atoms with Crippen LogP contribution < -0.4 is 11.0 Å². The van der Waals surface area contributed by atoms with Crippen molar-refractivity contribution in [1.82, 2.24) is 19.7 Å². The number of aromatic nitrogens is 3. The molecule has 0 unspecified atom stereocenters. The monoisotopic (exact) mass is 640 g/mol. The Kier molecular flexibility index (Phi) is 9.89. The Bertz CT molecular complexity index is 1680. The highest BCUT2D eigenvalue weighted by molar-refractivity contribution is 6.30. The van der Waals surface area contributed by atoms with Crippen LogP contribution in [0.4, 0.5) is 26.3 Å². The predicted octanol–water partition coefficient (Wildman–Crippen LogP) is 6.55. The van der Waals surface area contributed by atoms with Crippen molar-refractivity contribution in [1.29, 1.82) is 0 Å². The van der Waals surface area contributed by atoms with Gasteiger partial charge in [-0.2, -0.15) is 26.3 Å². The lowest BCUT2D eigenvalue weighted by Crippen LogP contribution is -2.37. The number of aliphatic hydroxyl groups excluding tert-OH is 1. The highest BCUT2D eigenvalue weighted by atomic mass is 35.5. The minimum Gasteiger partial charge on any atom is -0.382 e. The summed E-state index contributed by atoms with van der Waals surface area (Å²) in [4.78, 5) is 26.3. The van der Waals surface area contributed by atoms with E-state index in [4.69, 9.17) is 11.6 Å². The quantitative estimate of drug-likeness (QED) is 0.152. The van der Waals surface area contributed by atoms with Crippen LogP contribution >= 0.6 is 11.6 Å². The van der Waals surface area contributed by atoms with E-state index in [0.717, 1.165) is 17.2 Å². The number of carbonyl (C=O) groups is 1. The Hall–Kier alpha value is -4.10. The molecule has 0 saturated carbocycles. The van der Waals surface area contributed by atoms with Gasteiger partial charge in [0, 0.05) is 22.7 Å². The van der Waals surface area contributed by atoms with Gasteiger partial charge in [-0.3, -0.25) is 9.36 Å². The normalized spacial score (nSPS) is 12.8. The summed E-state index contributed by atoms with van der Waals surface area (Å²) in [5.74, 6) is -0.783. The van der Waals surface area contributed by atoms with Crippen molar-refractivity contribution in [2.45, 2.75) is 51.3 Å². The summed E-state index contributed by atoms with van der Waals surface area (Å²) in [6, 6.07) is 14.5. The van der Waals surface area contributed by atoms with Gasteiger partial charge in [0.2, 0.25) is 0 Å². The zero-order valence-electron chi connectivity index (χ0n) is 23.2. The molecule has 14 heteroatoms. The number of rotatable bonds is 10. The van der Waals surface area contributed by atoms with Crippen LogP contribution in [-0.4, -0.2) is 44.2 Å². The molecule has 0 saturated heterocycles. The largest absolute Gasteiger partial charge is 0.417 e. The Morgan fingerprint density at radius 1 is 1.00 bits per heavy atom. The highest BCUT2D eigenvalue weighted by Gasteiger charge is 2.39. The van der Waals surface area contributed by atoms with Crippen LogP contribution in [0.1, 0.15) is 41.3 Å². The van der Waals surface area contributed by atoms with E-state index < -0.39 is 42.2 Å². The van der Waals surface area contributed by atoms with Crippen molar-refractivity contribution in [3.05, 3.63) is 98.9 Å². The third kappa shape index (κ3) is 7.51. The molecule has 4 aromatic rings. The standard InChI is InChI=1S/C30H27ClF6N4O3/c1-2-3-14-38-27(43)22-13-8-18(15-23(22)21-6-4-5-7-24(21)29(32,33)34)16-41-28(44)40(17-25(42)30(35,36)37)26(39-41)19-9-11-20(31)12-10-19/h4-13,15,25,42H,2-3,14,16-17H2,1H3,(H,38,43)/t25-/m0/s1. The van der Waals surface area contributed by atoms with Crippen molar-refractivity contribution < 1.29 is 36.2 Å². The van der Waals surface area contributed by atoms with E-state index in [1.807, 2.05) is 6.92 Å². The lowest BCUT2D eigenvalue weighted by atomic mass is 9.93. The fourth-order valence-electron chi connectivity index (χ4n) is 4.52. The topological polar surface area (TPSA) is 89.2 Å². The summed E-state index contributed by atoms with van der Waals surface area (Å²) in [7, 11) is 0. The summed E-state index contributed by atoms with van der Waals surface area (Å²) < 4.78 is 83.0. The van der Waals surface area contributed by atoms with Crippen molar-refractivity contribution in [3.8, 4) is 22.5 Å².